The summed E-state index contributed by atoms with van der Waals surface area (Å²) >= 11 is 0.985. The van der Waals surface area contributed by atoms with Crippen molar-refractivity contribution in [1.29, 1.82) is 5.41 Å². The highest BCUT2D eigenvalue weighted by molar-refractivity contribution is 8.18. The van der Waals surface area contributed by atoms with Gasteiger partial charge in [0.1, 0.15) is 10.7 Å². The van der Waals surface area contributed by atoms with Gasteiger partial charge in [0.25, 0.3) is 5.91 Å². The third-order valence-electron chi connectivity index (χ3n) is 2.09. The molecule has 0 aliphatic carbocycles. The van der Waals surface area contributed by atoms with Crippen LogP contribution >= 0.6 is 11.8 Å². The SMILES string of the molecule is CN1C(=N)S/C(=C\c2ccc([N+](=O)[O-])o2)C1=O. The Morgan fingerprint density at radius 3 is 2.76 bits per heavy atom. The van der Waals surface area contributed by atoms with Gasteiger partial charge in [-0.3, -0.25) is 25.2 Å². The first-order valence-electron chi connectivity index (χ1n) is 4.49. The van der Waals surface area contributed by atoms with E-state index in [1.807, 2.05) is 0 Å². The molecule has 2 rings (SSSR count). The van der Waals surface area contributed by atoms with Crippen molar-refractivity contribution in [3.63, 3.8) is 0 Å². The van der Waals surface area contributed by atoms with Gasteiger partial charge in [-0.25, -0.2) is 0 Å². The van der Waals surface area contributed by atoms with Crippen molar-refractivity contribution in [1.82, 2.24) is 4.90 Å². The number of likely N-dealkylation sites (N-methyl/N-ethyl adjacent to an activating group) is 1. The maximum absolute atomic E-state index is 11.6. The van der Waals surface area contributed by atoms with Gasteiger partial charge in [-0.2, -0.15) is 0 Å². The number of carbonyl (C=O) groups excluding carboxylic acids is 1. The molecule has 7 nitrogen and oxygen atoms in total. The highest BCUT2D eigenvalue weighted by atomic mass is 32.2. The quantitative estimate of drug-likeness (QED) is 0.490. The van der Waals surface area contributed by atoms with E-state index >= 15 is 0 Å². The van der Waals surface area contributed by atoms with E-state index in [0.717, 1.165) is 11.8 Å². The number of hydrogen-bond donors (Lipinski definition) is 1. The van der Waals surface area contributed by atoms with E-state index < -0.39 is 4.92 Å². The lowest BCUT2D eigenvalue weighted by Crippen LogP contribution is -2.22. The summed E-state index contributed by atoms with van der Waals surface area (Å²) in [6, 6.07) is 2.62. The summed E-state index contributed by atoms with van der Waals surface area (Å²) in [5.41, 5.74) is 0. The van der Waals surface area contributed by atoms with Crippen molar-refractivity contribution in [3.8, 4) is 0 Å². The summed E-state index contributed by atoms with van der Waals surface area (Å²) in [4.78, 5) is 22.8. The number of nitrogens with zero attached hydrogens (tertiary/aromatic N) is 2. The van der Waals surface area contributed by atoms with E-state index in [1.165, 1.54) is 30.2 Å². The second-order valence-electron chi connectivity index (χ2n) is 3.21. The Kier molecular flexibility index (Phi) is 2.72. The molecule has 0 spiro atoms. The molecule has 2 heterocycles. The van der Waals surface area contributed by atoms with E-state index in [4.69, 9.17) is 9.83 Å². The fourth-order valence-electron chi connectivity index (χ4n) is 1.21. The molecule has 8 heteroatoms. The lowest BCUT2D eigenvalue weighted by Gasteiger charge is -2.03. The minimum absolute atomic E-state index is 0.113. The van der Waals surface area contributed by atoms with Gasteiger partial charge < -0.3 is 4.42 Å². The topological polar surface area (TPSA) is 100 Å². The average Bonchev–Trinajstić information content (AvgIpc) is 2.82. The smallest absolute Gasteiger partial charge is 0.401 e. The van der Waals surface area contributed by atoms with Crippen LogP contribution in [0.15, 0.2) is 21.5 Å². The third-order valence-corrected chi connectivity index (χ3v) is 3.07. The molecular weight excluding hydrogens is 246 g/mol. The molecule has 1 saturated heterocycles. The first-order chi connectivity index (χ1) is 7.99. The third kappa shape index (κ3) is 2.07. The van der Waals surface area contributed by atoms with Crippen LogP contribution in [0.2, 0.25) is 0 Å². The predicted molar refractivity (Wildman–Crippen MR) is 61.4 cm³/mol. The number of hydrogen-bond acceptors (Lipinski definition) is 6. The van der Waals surface area contributed by atoms with Crippen molar-refractivity contribution in [2.24, 2.45) is 0 Å². The molecule has 17 heavy (non-hydrogen) atoms. The summed E-state index contributed by atoms with van der Waals surface area (Å²) in [6.07, 6.45) is 1.39. The van der Waals surface area contributed by atoms with Gasteiger partial charge in [0, 0.05) is 13.1 Å². The average molecular weight is 253 g/mol. The number of rotatable bonds is 2. The molecule has 1 fully saturated rings. The lowest BCUT2D eigenvalue weighted by atomic mass is 10.3. The highest BCUT2D eigenvalue weighted by Gasteiger charge is 2.29. The molecule has 1 aliphatic rings. The van der Waals surface area contributed by atoms with Gasteiger partial charge in [0.05, 0.1) is 11.0 Å². The predicted octanol–water partition coefficient (Wildman–Crippen LogP) is 1.67. The highest BCUT2D eigenvalue weighted by Crippen LogP contribution is 2.31. The van der Waals surface area contributed by atoms with E-state index in [2.05, 4.69) is 0 Å². The summed E-state index contributed by atoms with van der Waals surface area (Å²) in [6.45, 7) is 0. The summed E-state index contributed by atoms with van der Waals surface area (Å²) in [7, 11) is 1.49. The fraction of sp³-hybridized carbons (Fsp3) is 0.111. The zero-order valence-electron chi connectivity index (χ0n) is 8.67. The van der Waals surface area contributed by atoms with E-state index in [0.29, 0.717) is 4.91 Å². The molecular formula is C9H7N3O4S. The Labute approximate surface area is 99.7 Å². The lowest BCUT2D eigenvalue weighted by molar-refractivity contribution is -0.402. The molecule has 88 valence electrons. The monoisotopic (exact) mass is 253 g/mol. The number of amidine groups is 1. The van der Waals surface area contributed by atoms with Crippen LogP contribution < -0.4 is 0 Å². The Morgan fingerprint density at radius 1 is 1.59 bits per heavy atom. The molecule has 0 unspecified atom stereocenters. The van der Waals surface area contributed by atoms with Crippen LogP contribution in [0.5, 0.6) is 0 Å². The van der Waals surface area contributed by atoms with Crippen LogP contribution in [0.25, 0.3) is 6.08 Å². The number of amides is 1. The van der Waals surface area contributed by atoms with Crippen molar-refractivity contribution in [2.75, 3.05) is 7.05 Å². The molecule has 0 aromatic carbocycles. The van der Waals surface area contributed by atoms with Gasteiger partial charge in [-0.1, -0.05) is 0 Å². The van der Waals surface area contributed by atoms with Crippen LogP contribution in [0.3, 0.4) is 0 Å². The van der Waals surface area contributed by atoms with Gasteiger partial charge in [0.2, 0.25) is 0 Å². The Balaban J connectivity index is 2.28. The summed E-state index contributed by atoms with van der Waals surface area (Å²) in [5, 5.41) is 18.0. The van der Waals surface area contributed by atoms with Gasteiger partial charge in [-0.15, -0.1) is 0 Å². The largest absolute Gasteiger partial charge is 0.433 e. The normalized spacial score (nSPS) is 18.2. The maximum atomic E-state index is 11.6. The summed E-state index contributed by atoms with van der Waals surface area (Å²) in [5.74, 6) is -0.481. The summed E-state index contributed by atoms with van der Waals surface area (Å²) < 4.78 is 4.90. The number of carbonyl (C=O) groups is 1. The van der Waals surface area contributed by atoms with E-state index in [9.17, 15) is 14.9 Å². The minimum atomic E-state index is -0.653. The van der Waals surface area contributed by atoms with Crippen LogP contribution in [-0.4, -0.2) is 27.9 Å². The van der Waals surface area contributed by atoms with Gasteiger partial charge in [-0.05, 0) is 17.8 Å². The Morgan fingerprint density at radius 2 is 2.29 bits per heavy atom. The molecule has 0 atom stereocenters. The Hall–Kier alpha value is -2.09. The first kappa shape index (κ1) is 11.4. The second-order valence-corrected chi connectivity index (χ2v) is 4.24. The molecule has 0 saturated carbocycles. The molecule has 1 N–H and O–H groups in total. The molecule has 0 radical (unpaired) electrons. The van der Waals surface area contributed by atoms with Crippen LogP contribution in [0.4, 0.5) is 5.88 Å². The second kappa shape index (κ2) is 4.06. The Bertz CT molecular complexity index is 548. The fourth-order valence-corrected chi connectivity index (χ4v) is 2.04. The van der Waals surface area contributed by atoms with Crippen molar-refractivity contribution >= 4 is 34.8 Å². The first-order valence-corrected chi connectivity index (χ1v) is 5.31. The van der Waals surface area contributed by atoms with Crippen molar-refractivity contribution < 1.29 is 14.1 Å². The van der Waals surface area contributed by atoms with Crippen molar-refractivity contribution in [2.45, 2.75) is 0 Å². The number of furan rings is 1. The minimum Gasteiger partial charge on any atom is -0.401 e. The molecule has 1 amide bonds. The van der Waals surface area contributed by atoms with Crippen LogP contribution in [0, 0.1) is 15.5 Å². The zero-order chi connectivity index (χ0) is 12.6. The standard InChI is InChI=1S/C9H7N3O4S/c1-11-8(13)6(17-9(11)10)4-5-2-3-7(16-5)12(14)15/h2-4,10H,1H3/b6-4-,10-9?. The molecule has 1 aliphatic heterocycles. The number of thioether (sulfide) groups is 1. The maximum Gasteiger partial charge on any atom is 0.433 e. The number of nitro groups is 1. The van der Waals surface area contributed by atoms with E-state index in [-0.39, 0.29) is 22.7 Å². The molecule has 1 aromatic rings. The van der Waals surface area contributed by atoms with Gasteiger partial charge >= 0.3 is 5.88 Å². The van der Waals surface area contributed by atoms with Crippen LogP contribution in [-0.2, 0) is 4.79 Å². The van der Waals surface area contributed by atoms with Gasteiger partial charge in [0.15, 0.2) is 5.17 Å². The van der Waals surface area contributed by atoms with Crippen molar-refractivity contribution in [3.05, 3.63) is 32.9 Å². The van der Waals surface area contributed by atoms with E-state index in [1.54, 1.807) is 0 Å². The van der Waals surface area contributed by atoms with Crippen LogP contribution in [0.1, 0.15) is 5.76 Å². The number of nitrogens with one attached hydrogen (secondary N) is 1. The molecule has 1 aromatic heterocycles. The molecule has 0 bridgehead atoms. The zero-order valence-corrected chi connectivity index (χ0v) is 9.48.